The molecule has 0 radical (unpaired) electrons. The molecule has 1 atom stereocenters. The molecular formula is C21H22N4OS. The van der Waals surface area contributed by atoms with Crippen LogP contribution in [-0.2, 0) is 12.8 Å². The van der Waals surface area contributed by atoms with E-state index in [0.29, 0.717) is 5.16 Å². The lowest BCUT2D eigenvalue weighted by atomic mass is 10.0. The van der Waals surface area contributed by atoms with E-state index >= 15 is 0 Å². The topological polar surface area (TPSA) is 60.7 Å². The Morgan fingerprint density at radius 2 is 1.85 bits per heavy atom. The summed E-state index contributed by atoms with van der Waals surface area (Å²) in [5.74, 6) is 0.116. The molecule has 2 aromatic carbocycles. The molecule has 1 aliphatic carbocycles. The molecule has 0 bridgehead atoms. The lowest BCUT2D eigenvalue weighted by Crippen LogP contribution is -2.15. The van der Waals surface area contributed by atoms with Crippen LogP contribution in [0.3, 0.4) is 0 Å². The Kier molecular flexibility index (Phi) is 4.83. The number of Topliss-reactive ketones (excluding diaryl/α,β-unsaturated/α-hetero) is 1. The SMILES string of the molecule is Cc1cccc(C)c1-n1nnnc1SC(C)C(=O)c1ccc2c(c1)CCC2. The van der Waals surface area contributed by atoms with Crippen LogP contribution in [0.15, 0.2) is 41.6 Å². The van der Waals surface area contributed by atoms with Crippen molar-refractivity contribution in [2.24, 2.45) is 0 Å². The summed E-state index contributed by atoms with van der Waals surface area (Å²) in [4.78, 5) is 13.0. The zero-order chi connectivity index (χ0) is 19.0. The zero-order valence-electron chi connectivity index (χ0n) is 15.8. The van der Waals surface area contributed by atoms with Gasteiger partial charge in [-0.25, -0.2) is 0 Å². The van der Waals surface area contributed by atoms with Crippen LogP contribution in [0, 0.1) is 13.8 Å². The molecule has 3 aromatic rings. The van der Waals surface area contributed by atoms with Gasteiger partial charge in [0.1, 0.15) is 0 Å². The van der Waals surface area contributed by atoms with Gasteiger partial charge in [0.05, 0.1) is 10.9 Å². The van der Waals surface area contributed by atoms with Crippen LogP contribution in [0.2, 0.25) is 0 Å². The highest BCUT2D eigenvalue weighted by molar-refractivity contribution is 8.00. The Morgan fingerprint density at radius 3 is 2.63 bits per heavy atom. The predicted molar refractivity (Wildman–Crippen MR) is 107 cm³/mol. The van der Waals surface area contributed by atoms with Gasteiger partial charge in [-0.3, -0.25) is 4.79 Å². The molecular weight excluding hydrogens is 356 g/mol. The number of carbonyl (C=O) groups is 1. The van der Waals surface area contributed by atoms with Crippen molar-refractivity contribution in [3.63, 3.8) is 0 Å². The Hall–Kier alpha value is -2.47. The zero-order valence-corrected chi connectivity index (χ0v) is 16.6. The minimum absolute atomic E-state index is 0.116. The normalized spacial score (nSPS) is 14.2. The molecule has 1 aromatic heterocycles. The molecule has 5 nitrogen and oxygen atoms in total. The fraction of sp³-hybridized carbons (Fsp3) is 0.333. The number of ketones is 1. The lowest BCUT2D eigenvalue weighted by Gasteiger charge is -2.13. The molecule has 1 aliphatic rings. The number of fused-ring (bicyclic) bond motifs is 1. The highest BCUT2D eigenvalue weighted by atomic mass is 32.2. The molecule has 1 heterocycles. The van der Waals surface area contributed by atoms with Gasteiger partial charge in [-0.2, -0.15) is 4.68 Å². The molecule has 0 saturated carbocycles. The average molecular weight is 379 g/mol. The van der Waals surface area contributed by atoms with E-state index in [9.17, 15) is 4.79 Å². The van der Waals surface area contributed by atoms with Crippen LogP contribution < -0.4 is 0 Å². The molecule has 0 N–H and O–H groups in total. The summed E-state index contributed by atoms with van der Waals surface area (Å²) in [6.07, 6.45) is 3.38. The molecule has 4 rings (SSSR count). The number of tetrazole rings is 1. The fourth-order valence-corrected chi connectivity index (χ4v) is 4.57. The smallest absolute Gasteiger partial charge is 0.214 e. The summed E-state index contributed by atoms with van der Waals surface area (Å²) in [5.41, 5.74) is 6.65. The summed E-state index contributed by atoms with van der Waals surface area (Å²) < 4.78 is 1.74. The molecule has 0 aliphatic heterocycles. The van der Waals surface area contributed by atoms with Crippen LogP contribution in [0.5, 0.6) is 0 Å². The summed E-state index contributed by atoms with van der Waals surface area (Å²) in [6.45, 7) is 6.00. The van der Waals surface area contributed by atoms with E-state index in [0.717, 1.165) is 35.2 Å². The maximum absolute atomic E-state index is 13.0. The van der Waals surface area contributed by atoms with E-state index in [4.69, 9.17) is 0 Å². The minimum Gasteiger partial charge on any atom is -0.293 e. The molecule has 6 heteroatoms. The maximum atomic E-state index is 13.0. The van der Waals surface area contributed by atoms with Crippen LogP contribution in [0.4, 0.5) is 0 Å². The van der Waals surface area contributed by atoms with E-state index in [1.54, 1.807) is 4.68 Å². The number of benzene rings is 2. The van der Waals surface area contributed by atoms with E-state index in [2.05, 4.69) is 27.7 Å². The van der Waals surface area contributed by atoms with Gasteiger partial charge in [-0.1, -0.05) is 42.1 Å². The highest BCUT2D eigenvalue weighted by Gasteiger charge is 2.23. The summed E-state index contributed by atoms with van der Waals surface area (Å²) >= 11 is 1.40. The van der Waals surface area contributed by atoms with Gasteiger partial charge in [0, 0.05) is 5.56 Å². The molecule has 0 amide bonds. The first-order valence-corrected chi connectivity index (χ1v) is 10.1. The molecule has 0 spiro atoms. The second-order valence-electron chi connectivity index (χ2n) is 7.08. The number of rotatable bonds is 5. The van der Waals surface area contributed by atoms with Crippen LogP contribution in [0.1, 0.15) is 46.0 Å². The summed E-state index contributed by atoms with van der Waals surface area (Å²) in [6, 6.07) is 12.2. The third-order valence-electron chi connectivity index (χ3n) is 5.13. The number of nitrogens with zero attached hydrogens (tertiary/aromatic N) is 4. The number of para-hydroxylation sites is 1. The standard InChI is InChI=1S/C21H22N4OS/c1-13-6-4-7-14(2)19(13)25-21(22-23-24-25)27-15(3)20(26)18-11-10-16-8-5-9-17(16)12-18/h4,6-7,10-12,15H,5,8-9H2,1-3H3. The molecule has 138 valence electrons. The van der Waals surface area contributed by atoms with Crippen LogP contribution in [0.25, 0.3) is 5.69 Å². The second-order valence-corrected chi connectivity index (χ2v) is 8.38. The van der Waals surface area contributed by atoms with Crippen molar-refractivity contribution in [3.05, 3.63) is 64.2 Å². The number of hydrogen-bond acceptors (Lipinski definition) is 5. The molecule has 1 unspecified atom stereocenters. The first-order chi connectivity index (χ1) is 13.0. The third-order valence-corrected chi connectivity index (χ3v) is 6.16. The third kappa shape index (κ3) is 3.41. The van der Waals surface area contributed by atoms with E-state index in [1.807, 2.05) is 45.0 Å². The van der Waals surface area contributed by atoms with Crippen molar-refractivity contribution in [1.29, 1.82) is 0 Å². The van der Waals surface area contributed by atoms with Gasteiger partial charge in [-0.05, 0) is 78.8 Å². The summed E-state index contributed by atoms with van der Waals surface area (Å²) in [7, 11) is 0. The quantitative estimate of drug-likeness (QED) is 0.493. The number of thioether (sulfide) groups is 1. The largest absolute Gasteiger partial charge is 0.293 e. The van der Waals surface area contributed by atoms with Gasteiger partial charge in [-0.15, -0.1) is 5.10 Å². The lowest BCUT2D eigenvalue weighted by molar-refractivity contribution is 0.0993. The van der Waals surface area contributed by atoms with Crippen molar-refractivity contribution in [2.45, 2.75) is 50.4 Å². The van der Waals surface area contributed by atoms with Crippen LogP contribution in [-0.4, -0.2) is 31.2 Å². The van der Waals surface area contributed by atoms with Crippen molar-refractivity contribution in [1.82, 2.24) is 20.2 Å². The predicted octanol–water partition coefficient (Wildman–Crippen LogP) is 4.13. The number of aromatic nitrogens is 4. The van der Waals surface area contributed by atoms with Gasteiger partial charge in [0.15, 0.2) is 5.78 Å². The van der Waals surface area contributed by atoms with Gasteiger partial charge in [0.2, 0.25) is 5.16 Å². The maximum Gasteiger partial charge on any atom is 0.214 e. The number of aryl methyl sites for hydroxylation is 4. The van der Waals surface area contributed by atoms with Gasteiger partial charge in [0.25, 0.3) is 0 Å². The Balaban J connectivity index is 1.58. The van der Waals surface area contributed by atoms with Crippen molar-refractivity contribution >= 4 is 17.5 Å². The highest BCUT2D eigenvalue weighted by Crippen LogP contribution is 2.29. The van der Waals surface area contributed by atoms with E-state index < -0.39 is 0 Å². The van der Waals surface area contributed by atoms with Crippen LogP contribution >= 0.6 is 11.8 Å². The minimum atomic E-state index is -0.265. The molecule has 0 fully saturated rings. The Bertz CT molecular complexity index is 991. The average Bonchev–Trinajstić information content (AvgIpc) is 3.30. The van der Waals surface area contributed by atoms with Crippen molar-refractivity contribution in [2.75, 3.05) is 0 Å². The van der Waals surface area contributed by atoms with Gasteiger partial charge < -0.3 is 0 Å². The Labute approximate surface area is 163 Å². The number of carbonyl (C=O) groups excluding carboxylic acids is 1. The molecule has 0 saturated heterocycles. The monoisotopic (exact) mass is 378 g/mol. The number of hydrogen-bond donors (Lipinski definition) is 0. The fourth-order valence-electron chi connectivity index (χ4n) is 3.70. The first kappa shape index (κ1) is 17.9. The first-order valence-electron chi connectivity index (χ1n) is 9.22. The molecule has 27 heavy (non-hydrogen) atoms. The van der Waals surface area contributed by atoms with E-state index in [1.165, 1.54) is 29.3 Å². The van der Waals surface area contributed by atoms with E-state index in [-0.39, 0.29) is 11.0 Å². The van der Waals surface area contributed by atoms with Gasteiger partial charge >= 0.3 is 0 Å². The summed E-state index contributed by atoms with van der Waals surface area (Å²) in [5, 5.41) is 12.5. The van der Waals surface area contributed by atoms with Crippen molar-refractivity contribution < 1.29 is 4.79 Å². The van der Waals surface area contributed by atoms with Crippen molar-refractivity contribution in [3.8, 4) is 5.69 Å². The Morgan fingerprint density at radius 1 is 1.11 bits per heavy atom. The second kappa shape index (κ2) is 7.27.